The van der Waals surface area contributed by atoms with E-state index in [0.717, 1.165) is 38.4 Å². The molecule has 0 aromatic heterocycles. The molecule has 1 heterocycles. The van der Waals surface area contributed by atoms with Crippen molar-refractivity contribution in [2.45, 2.75) is 13.1 Å². The average molecular weight is 355 g/mol. The zero-order chi connectivity index (χ0) is 18.2. The second kappa shape index (κ2) is 9.22. The first-order chi connectivity index (χ1) is 12.8. The van der Waals surface area contributed by atoms with Crippen LogP contribution < -0.4 is 15.4 Å². The molecule has 0 unspecified atom stereocenters. The van der Waals surface area contributed by atoms with Gasteiger partial charge < -0.3 is 20.1 Å². The number of carbonyl (C=O) groups excluding carboxylic acids is 1. The number of rotatable bonds is 6. The van der Waals surface area contributed by atoms with Crippen LogP contribution in [0.4, 0.5) is 10.5 Å². The van der Waals surface area contributed by atoms with E-state index >= 15 is 0 Å². The Bertz CT molecular complexity index is 730. The molecule has 6 nitrogen and oxygen atoms in total. The first-order valence-corrected chi connectivity index (χ1v) is 8.81. The number of carbonyl (C=O) groups is 1. The van der Waals surface area contributed by atoms with Crippen LogP contribution in [0.25, 0.3) is 0 Å². The van der Waals surface area contributed by atoms with Crippen LogP contribution in [0.2, 0.25) is 0 Å². The summed E-state index contributed by atoms with van der Waals surface area (Å²) in [5, 5.41) is 5.76. The molecule has 0 atom stereocenters. The summed E-state index contributed by atoms with van der Waals surface area (Å²) in [6, 6.07) is 15.3. The second-order valence-corrected chi connectivity index (χ2v) is 6.17. The van der Waals surface area contributed by atoms with Gasteiger partial charge in [-0.3, -0.25) is 4.90 Å². The topological polar surface area (TPSA) is 62.8 Å². The third-order valence-corrected chi connectivity index (χ3v) is 4.41. The number of methoxy groups -OCH3 is 1. The molecule has 2 aromatic carbocycles. The van der Waals surface area contributed by atoms with Gasteiger partial charge in [0.2, 0.25) is 0 Å². The quantitative estimate of drug-likeness (QED) is 0.836. The number of benzene rings is 2. The maximum absolute atomic E-state index is 12.3. The molecule has 2 aromatic rings. The summed E-state index contributed by atoms with van der Waals surface area (Å²) in [6.45, 7) is 4.78. The monoisotopic (exact) mass is 355 g/mol. The molecule has 2 N–H and O–H groups in total. The third-order valence-electron chi connectivity index (χ3n) is 4.41. The highest BCUT2D eigenvalue weighted by molar-refractivity contribution is 5.90. The Morgan fingerprint density at radius 2 is 1.77 bits per heavy atom. The number of nitrogens with one attached hydrogen (secondary N) is 2. The van der Waals surface area contributed by atoms with Crippen LogP contribution in [0.3, 0.4) is 0 Å². The standard InChI is InChI=1S/C20H25N3O3/c1-25-19-9-5-4-8-18(19)22-20(24)21-14-16-6-2-3-7-17(16)15-23-10-12-26-13-11-23/h2-9H,10-15H2,1H3,(H2,21,22,24). The van der Waals surface area contributed by atoms with Crippen molar-refractivity contribution in [3.63, 3.8) is 0 Å². The molecule has 6 heteroatoms. The zero-order valence-corrected chi connectivity index (χ0v) is 15.0. The molecule has 2 amide bonds. The van der Waals surface area contributed by atoms with Crippen LogP contribution in [-0.4, -0.2) is 44.3 Å². The van der Waals surface area contributed by atoms with Crippen molar-refractivity contribution in [2.24, 2.45) is 0 Å². The first kappa shape index (κ1) is 18.2. The van der Waals surface area contributed by atoms with Crippen LogP contribution in [-0.2, 0) is 17.8 Å². The summed E-state index contributed by atoms with van der Waals surface area (Å²) in [7, 11) is 1.58. The maximum atomic E-state index is 12.3. The average Bonchev–Trinajstić information content (AvgIpc) is 2.68. The fourth-order valence-corrected chi connectivity index (χ4v) is 2.97. The van der Waals surface area contributed by atoms with Gasteiger partial charge in [0.1, 0.15) is 5.75 Å². The SMILES string of the molecule is COc1ccccc1NC(=O)NCc1ccccc1CN1CCOCC1. The normalized spacial score (nSPS) is 14.7. The van der Waals surface area contributed by atoms with Crippen molar-refractivity contribution in [3.8, 4) is 5.75 Å². The van der Waals surface area contributed by atoms with E-state index in [9.17, 15) is 4.79 Å². The predicted octanol–water partition coefficient (Wildman–Crippen LogP) is 2.85. The van der Waals surface area contributed by atoms with Crippen LogP contribution in [0, 0.1) is 0 Å². The largest absolute Gasteiger partial charge is 0.495 e. The van der Waals surface area contributed by atoms with Crippen LogP contribution in [0.15, 0.2) is 48.5 Å². The number of nitrogens with zero attached hydrogens (tertiary/aromatic N) is 1. The molecule has 0 aliphatic carbocycles. The summed E-state index contributed by atoms with van der Waals surface area (Å²) in [5.41, 5.74) is 3.00. The number of anilines is 1. The fraction of sp³-hybridized carbons (Fsp3) is 0.350. The van der Waals surface area contributed by atoms with E-state index in [1.807, 2.05) is 36.4 Å². The summed E-state index contributed by atoms with van der Waals surface area (Å²) in [5.74, 6) is 0.635. The maximum Gasteiger partial charge on any atom is 0.319 e. The molecule has 0 radical (unpaired) electrons. The molecular weight excluding hydrogens is 330 g/mol. The minimum Gasteiger partial charge on any atom is -0.495 e. The minimum atomic E-state index is -0.254. The molecule has 0 spiro atoms. The molecule has 0 saturated carbocycles. The lowest BCUT2D eigenvalue weighted by Crippen LogP contribution is -2.36. The first-order valence-electron chi connectivity index (χ1n) is 8.81. The molecule has 1 aliphatic heterocycles. The molecule has 3 rings (SSSR count). The van der Waals surface area contributed by atoms with E-state index in [0.29, 0.717) is 18.0 Å². The highest BCUT2D eigenvalue weighted by Crippen LogP contribution is 2.22. The summed E-state index contributed by atoms with van der Waals surface area (Å²) in [6.07, 6.45) is 0. The molecule has 138 valence electrons. The lowest BCUT2D eigenvalue weighted by Gasteiger charge is -2.27. The van der Waals surface area contributed by atoms with E-state index in [-0.39, 0.29) is 6.03 Å². The molecule has 26 heavy (non-hydrogen) atoms. The number of para-hydroxylation sites is 2. The number of urea groups is 1. The van der Waals surface area contributed by atoms with Gasteiger partial charge >= 0.3 is 6.03 Å². The van der Waals surface area contributed by atoms with E-state index in [1.165, 1.54) is 5.56 Å². The number of hydrogen-bond donors (Lipinski definition) is 2. The Morgan fingerprint density at radius 1 is 1.08 bits per heavy atom. The molecule has 1 saturated heterocycles. The van der Waals surface area contributed by atoms with Crippen LogP contribution in [0.1, 0.15) is 11.1 Å². The highest BCUT2D eigenvalue weighted by atomic mass is 16.5. The number of ether oxygens (including phenoxy) is 2. The third kappa shape index (κ3) is 4.97. The van der Waals surface area contributed by atoms with Gasteiger partial charge in [0.15, 0.2) is 0 Å². The Morgan fingerprint density at radius 3 is 2.54 bits per heavy atom. The van der Waals surface area contributed by atoms with Gasteiger partial charge in [0.25, 0.3) is 0 Å². The Balaban J connectivity index is 1.58. The highest BCUT2D eigenvalue weighted by Gasteiger charge is 2.13. The lowest BCUT2D eigenvalue weighted by atomic mass is 10.1. The Hall–Kier alpha value is -2.57. The van der Waals surface area contributed by atoms with E-state index in [2.05, 4.69) is 27.7 Å². The van der Waals surface area contributed by atoms with Gasteiger partial charge in [0.05, 0.1) is 26.0 Å². The van der Waals surface area contributed by atoms with Gasteiger partial charge in [-0.05, 0) is 23.3 Å². The van der Waals surface area contributed by atoms with Crippen molar-refractivity contribution >= 4 is 11.7 Å². The van der Waals surface area contributed by atoms with E-state index in [4.69, 9.17) is 9.47 Å². The number of morpholine rings is 1. The number of hydrogen-bond acceptors (Lipinski definition) is 4. The van der Waals surface area contributed by atoms with Gasteiger partial charge in [-0.2, -0.15) is 0 Å². The smallest absolute Gasteiger partial charge is 0.319 e. The summed E-state index contributed by atoms with van der Waals surface area (Å²) in [4.78, 5) is 14.6. The van der Waals surface area contributed by atoms with Gasteiger partial charge in [-0.1, -0.05) is 36.4 Å². The number of amides is 2. The van der Waals surface area contributed by atoms with Crippen molar-refractivity contribution < 1.29 is 14.3 Å². The van der Waals surface area contributed by atoms with Gasteiger partial charge in [-0.15, -0.1) is 0 Å². The summed E-state index contributed by atoms with van der Waals surface area (Å²) >= 11 is 0. The van der Waals surface area contributed by atoms with Crippen molar-refractivity contribution in [3.05, 3.63) is 59.7 Å². The minimum absolute atomic E-state index is 0.254. The van der Waals surface area contributed by atoms with Crippen molar-refractivity contribution in [2.75, 3.05) is 38.7 Å². The van der Waals surface area contributed by atoms with Gasteiger partial charge in [0, 0.05) is 26.2 Å². The van der Waals surface area contributed by atoms with Crippen molar-refractivity contribution in [1.29, 1.82) is 0 Å². The fourth-order valence-electron chi connectivity index (χ4n) is 2.97. The van der Waals surface area contributed by atoms with Crippen LogP contribution >= 0.6 is 0 Å². The van der Waals surface area contributed by atoms with E-state index < -0.39 is 0 Å². The molecule has 1 fully saturated rings. The predicted molar refractivity (Wildman–Crippen MR) is 101 cm³/mol. The molecule has 1 aliphatic rings. The summed E-state index contributed by atoms with van der Waals surface area (Å²) < 4.78 is 10.7. The molecular formula is C20H25N3O3. The van der Waals surface area contributed by atoms with Crippen LogP contribution in [0.5, 0.6) is 5.75 Å². The zero-order valence-electron chi connectivity index (χ0n) is 15.0. The van der Waals surface area contributed by atoms with E-state index in [1.54, 1.807) is 7.11 Å². The Kier molecular flexibility index (Phi) is 6.46. The van der Waals surface area contributed by atoms with Crippen molar-refractivity contribution in [1.82, 2.24) is 10.2 Å². The van der Waals surface area contributed by atoms with Gasteiger partial charge in [-0.25, -0.2) is 4.79 Å². The lowest BCUT2D eigenvalue weighted by molar-refractivity contribution is 0.0341. The molecule has 0 bridgehead atoms. The second-order valence-electron chi connectivity index (χ2n) is 6.17. The Labute approximate surface area is 154 Å².